The third-order valence-electron chi connectivity index (χ3n) is 3.10. The summed E-state index contributed by atoms with van der Waals surface area (Å²) < 4.78 is 5.37. The van der Waals surface area contributed by atoms with E-state index < -0.39 is 0 Å². The minimum atomic E-state index is -0.230. The molecule has 3 nitrogen and oxygen atoms in total. The lowest BCUT2D eigenvalue weighted by atomic mass is 10.2. The summed E-state index contributed by atoms with van der Waals surface area (Å²) in [5.74, 6) is 0. The van der Waals surface area contributed by atoms with E-state index >= 15 is 0 Å². The fraction of sp³-hybridized carbons (Fsp3) is 0.471. The van der Waals surface area contributed by atoms with Crippen molar-refractivity contribution in [3.8, 4) is 0 Å². The van der Waals surface area contributed by atoms with Crippen molar-refractivity contribution in [1.82, 2.24) is 4.90 Å². The first-order chi connectivity index (χ1) is 9.77. The van der Waals surface area contributed by atoms with Crippen molar-refractivity contribution in [3.63, 3.8) is 0 Å². The number of carbonyl (C=O) groups excluding carboxylic acids is 1. The molecular formula is C17H25NO2. The molecule has 110 valence electrons. The lowest BCUT2D eigenvalue weighted by Gasteiger charge is -2.21. The summed E-state index contributed by atoms with van der Waals surface area (Å²) in [6.07, 6.45) is 5.70. The van der Waals surface area contributed by atoms with Crippen LogP contribution in [0.1, 0.15) is 38.2 Å². The molecule has 3 heteroatoms. The van der Waals surface area contributed by atoms with Gasteiger partial charge in [-0.2, -0.15) is 0 Å². The Hall–Kier alpha value is -1.77. The number of ether oxygens (including phenoxy) is 1. The van der Waals surface area contributed by atoms with E-state index in [9.17, 15) is 4.79 Å². The van der Waals surface area contributed by atoms with Crippen LogP contribution in [0.3, 0.4) is 0 Å². The van der Waals surface area contributed by atoms with Gasteiger partial charge in [-0.3, -0.25) is 0 Å². The van der Waals surface area contributed by atoms with E-state index in [2.05, 4.69) is 13.5 Å². The molecule has 0 aromatic heterocycles. The first kappa shape index (κ1) is 16.3. The standard InChI is InChI=1S/C17H25NO2/c1-3-5-10-14-18(13-6-4-2)17(19)20-15-16-11-8-7-9-12-16/h4,7-9,11-12H,2-3,5-6,10,13-15H2,1H3. The first-order valence-corrected chi connectivity index (χ1v) is 7.34. The second-order valence-electron chi connectivity index (χ2n) is 4.81. The Kier molecular flexibility index (Phi) is 8.20. The van der Waals surface area contributed by atoms with Crippen molar-refractivity contribution < 1.29 is 9.53 Å². The molecule has 1 aromatic carbocycles. The molecule has 1 aromatic rings. The molecule has 20 heavy (non-hydrogen) atoms. The lowest BCUT2D eigenvalue weighted by molar-refractivity contribution is 0.0961. The third kappa shape index (κ3) is 6.41. The smallest absolute Gasteiger partial charge is 0.410 e. The Bertz CT molecular complexity index is 389. The zero-order valence-electron chi connectivity index (χ0n) is 12.4. The monoisotopic (exact) mass is 275 g/mol. The van der Waals surface area contributed by atoms with Crippen LogP contribution < -0.4 is 0 Å². The van der Waals surface area contributed by atoms with E-state index in [4.69, 9.17) is 4.74 Å². The highest BCUT2D eigenvalue weighted by atomic mass is 16.6. The Balaban J connectivity index is 2.42. The van der Waals surface area contributed by atoms with E-state index in [1.54, 1.807) is 4.90 Å². The molecule has 1 rings (SSSR count). The Morgan fingerprint density at radius 1 is 1.25 bits per heavy atom. The van der Waals surface area contributed by atoms with Gasteiger partial charge in [0.1, 0.15) is 6.61 Å². The third-order valence-corrected chi connectivity index (χ3v) is 3.10. The Labute approximate surface area is 122 Å². The number of amides is 1. The molecule has 0 N–H and O–H groups in total. The molecule has 0 aliphatic rings. The van der Waals surface area contributed by atoms with Gasteiger partial charge >= 0.3 is 6.09 Å². The van der Waals surface area contributed by atoms with Crippen molar-refractivity contribution in [2.75, 3.05) is 13.1 Å². The van der Waals surface area contributed by atoms with Crippen molar-refractivity contribution in [1.29, 1.82) is 0 Å². The fourth-order valence-corrected chi connectivity index (χ4v) is 1.90. The van der Waals surface area contributed by atoms with Crippen molar-refractivity contribution in [2.45, 2.75) is 39.2 Å². The highest BCUT2D eigenvalue weighted by Gasteiger charge is 2.13. The summed E-state index contributed by atoms with van der Waals surface area (Å²) in [4.78, 5) is 13.9. The van der Waals surface area contributed by atoms with Gasteiger partial charge in [0.2, 0.25) is 0 Å². The number of nitrogens with zero attached hydrogens (tertiary/aromatic N) is 1. The Morgan fingerprint density at radius 2 is 2.00 bits per heavy atom. The topological polar surface area (TPSA) is 29.5 Å². The minimum absolute atomic E-state index is 0.230. The van der Waals surface area contributed by atoms with Crippen LogP contribution >= 0.6 is 0 Å². The van der Waals surface area contributed by atoms with Crippen LogP contribution in [0.25, 0.3) is 0 Å². The van der Waals surface area contributed by atoms with Gasteiger partial charge in [0.15, 0.2) is 0 Å². The zero-order valence-corrected chi connectivity index (χ0v) is 12.4. The van der Waals surface area contributed by atoms with Crippen LogP contribution in [0.15, 0.2) is 43.0 Å². The predicted molar refractivity (Wildman–Crippen MR) is 82.5 cm³/mol. The number of benzene rings is 1. The van der Waals surface area contributed by atoms with Crippen LogP contribution in [-0.4, -0.2) is 24.1 Å². The largest absolute Gasteiger partial charge is 0.445 e. The van der Waals surface area contributed by atoms with Gasteiger partial charge in [-0.15, -0.1) is 6.58 Å². The van der Waals surface area contributed by atoms with Crippen molar-refractivity contribution in [3.05, 3.63) is 48.6 Å². The highest BCUT2D eigenvalue weighted by Crippen LogP contribution is 2.06. The molecule has 0 saturated heterocycles. The van der Waals surface area contributed by atoms with Crippen LogP contribution in [0, 0.1) is 0 Å². The molecule has 0 unspecified atom stereocenters. The molecule has 0 spiro atoms. The highest BCUT2D eigenvalue weighted by molar-refractivity contribution is 5.67. The van der Waals surface area contributed by atoms with Crippen LogP contribution in [0.5, 0.6) is 0 Å². The normalized spacial score (nSPS) is 10.1. The molecule has 0 aliphatic heterocycles. The van der Waals surface area contributed by atoms with Gasteiger partial charge in [-0.05, 0) is 18.4 Å². The van der Waals surface area contributed by atoms with Gasteiger partial charge in [-0.1, -0.05) is 56.2 Å². The Morgan fingerprint density at radius 3 is 2.65 bits per heavy atom. The van der Waals surface area contributed by atoms with Gasteiger partial charge in [-0.25, -0.2) is 4.79 Å². The summed E-state index contributed by atoms with van der Waals surface area (Å²) >= 11 is 0. The van der Waals surface area contributed by atoms with Gasteiger partial charge in [0, 0.05) is 13.1 Å². The number of hydrogen-bond donors (Lipinski definition) is 0. The van der Waals surface area contributed by atoms with E-state index in [-0.39, 0.29) is 6.09 Å². The first-order valence-electron chi connectivity index (χ1n) is 7.34. The maximum absolute atomic E-state index is 12.1. The molecule has 0 saturated carbocycles. The average molecular weight is 275 g/mol. The average Bonchev–Trinajstić information content (AvgIpc) is 2.49. The van der Waals surface area contributed by atoms with Crippen LogP contribution in [0.4, 0.5) is 4.79 Å². The summed E-state index contributed by atoms with van der Waals surface area (Å²) in [7, 11) is 0. The maximum Gasteiger partial charge on any atom is 0.410 e. The molecule has 0 atom stereocenters. The summed E-state index contributed by atoms with van der Waals surface area (Å²) in [6, 6.07) is 9.75. The molecule has 0 bridgehead atoms. The second-order valence-corrected chi connectivity index (χ2v) is 4.81. The van der Waals surface area contributed by atoms with E-state index in [1.807, 2.05) is 36.4 Å². The maximum atomic E-state index is 12.1. The van der Waals surface area contributed by atoms with Gasteiger partial charge in [0.25, 0.3) is 0 Å². The summed E-state index contributed by atoms with van der Waals surface area (Å²) in [5.41, 5.74) is 1.01. The number of hydrogen-bond acceptors (Lipinski definition) is 2. The van der Waals surface area contributed by atoms with E-state index in [0.717, 1.165) is 37.8 Å². The van der Waals surface area contributed by atoms with Gasteiger partial charge in [0.05, 0.1) is 0 Å². The fourth-order valence-electron chi connectivity index (χ4n) is 1.90. The number of carbonyl (C=O) groups is 1. The van der Waals surface area contributed by atoms with Gasteiger partial charge < -0.3 is 9.64 Å². The van der Waals surface area contributed by atoms with E-state index in [0.29, 0.717) is 13.2 Å². The second kappa shape index (κ2) is 10.1. The van der Waals surface area contributed by atoms with Crippen molar-refractivity contribution >= 4 is 6.09 Å². The molecule has 0 radical (unpaired) electrons. The molecule has 0 fully saturated rings. The quantitative estimate of drug-likeness (QED) is 0.494. The number of unbranched alkanes of at least 4 members (excludes halogenated alkanes) is 2. The lowest BCUT2D eigenvalue weighted by Crippen LogP contribution is -2.33. The van der Waals surface area contributed by atoms with Crippen LogP contribution in [-0.2, 0) is 11.3 Å². The predicted octanol–water partition coefficient (Wildman–Crippen LogP) is 4.39. The summed E-state index contributed by atoms with van der Waals surface area (Å²) in [6.45, 7) is 7.63. The van der Waals surface area contributed by atoms with Crippen molar-refractivity contribution in [2.24, 2.45) is 0 Å². The SMILES string of the molecule is C=CCCN(CCCCC)C(=O)OCc1ccccc1. The minimum Gasteiger partial charge on any atom is -0.445 e. The molecular weight excluding hydrogens is 250 g/mol. The molecule has 0 heterocycles. The summed E-state index contributed by atoms with van der Waals surface area (Å²) in [5, 5.41) is 0. The van der Waals surface area contributed by atoms with E-state index in [1.165, 1.54) is 0 Å². The molecule has 1 amide bonds. The van der Waals surface area contributed by atoms with Crippen LogP contribution in [0.2, 0.25) is 0 Å². The number of rotatable bonds is 9. The molecule has 0 aliphatic carbocycles. The zero-order chi connectivity index (χ0) is 14.6.